The van der Waals surface area contributed by atoms with E-state index in [1.54, 1.807) is 32.0 Å². The van der Waals surface area contributed by atoms with E-state index in [1.807, 2.05) is 0 Å². The first-order chi connectivity index (χ1) is 13.3. The second-order valence-electron chi connectivity index (χ2n) is 5.80. The molecule has 0 atom stereocenters. The Kier molecular flexibility index (Phi) is 5.76. The highest BCUT2D eigenvalue weighted by molar-refractivity contribution is 7.91. The molecule has 0 spiro atoms. The normalized spacial score (nSPS) is 11.4. The van der Waals surface area contributed by atoms with Gasteiger partial charge in [0.15, 0.2) is 15.0 Å². The quantitative estimate of drug-likeness (QED) is 0.615. The Labute approximate surface area is 166 Å². The zero-order valence-corrected chi connectivity index (χ0v) is 16.9. The van der Waals surface area contributed by atoms with Crippen LogP contribution in [0, 0.1) is 0 Å². The van der Waals surface area contributed by atoms with E-state index >= 15 is 0 Å². The van der Waals surface area contributed by atoms with Crippen molar-refractivity contribution in [3.63, 3.8) is 0 Å². The number of fused-ring (bicyclic) bond motifs is 1. The van der Waals surface area contributed by atoms with Gasteiger partial charge in [-0.2, -0.15) is 0 Å². The lowest BCUT2D eigenvalue weighted by atomic mass is 10.2. The molecule has 0 aliphatic heterocycles. The van der Waals surface area contributed by atoms with Crippen LogP contribution >= 0.6 is 11.3 Å². The van der Waals surface area contributed by atoms with E-state index in [0.717, 1.165) is 4.70 Å². The average molecular weight is 418 g/mol. The van der Waals surface area contributed by atoms with Crippen LogP contribution in [-0.4, -0.2) is 37.6 Å². The number of thiazole rings is 1. The number of carbonyl (C=O) groups excluding carboxylic acids is 2. The number of ether oxygens (including phenoxy) is 1. The summed E-state index contributed by atoms with van der Waals surface area (Å²) in [5.74, 6) is -0.812. The van der Waals surface area contributed by atoms with Crippen LogP contribution in [0.1, 0.15) is 34.6 Å². The molecule has 0 aliphatic carbocycles. The van der Waals surface area contributed by atoms with Crippen molar-refractivity contribution in [2.24, 2.45) is 0 Å². The zero-order valence-electron chi connectivity index (χ0n) is 15.3. The fraction of sp³-hybridized carbons (Fsp3) is 0.211. The molecule has 1 amide bonds. The number of rotatable bonds is 6. The number of aromatic nitrogens is 1. The summed E-state index contributed by atoms with van der Waals surface area (Å²) in [7, 11) is -3.31. The number of carbonyl (C=O) groups is 2. The van der Waals surface area contributed by atoms with E-state index < -0.39 is 21.7 Å². The van der Waals surface area contributed by atoms with Crippen LogP contribution in [0.4, 0.5) is 5.13 Å². The minimum absolute atomic E-state index is 0.00195. The number of amides is 1. The second kappa shape index (κ2) is 8.07. The number of hydrogen-bond donors (Lipinski definition) is 1. The van der Waals surface area contributed by atoms with Gasteiger partial charge in [0.25, 0.3) is 5.91 Å². The molecule has 0 radical (unpaired) electrons. The predicted octanol–water partition coefficient (Wildman–Crippen LogP) is 3.52. The topological polar surface area (TPSA) is 102 Å². The van der Waals surface area contributed by atoms with E-state index in [2.05, 4.69) is 10.3 Å². The first-order valence-corrected chi connectivity index (χ1v) is 11.0. The van der Waals surface area contributed by atoms with Crippen molar-refractivity contribution in [2.75, 3.05) is 17.7 Å². The van der Waals surface area contributed by atoms with Crippen molar-refractivity contribution in [2.45, 2.75) is 18.7 Å². The molecule has 1 aromatic heterocycles. The SMILES string of the molecule is CCOC(=O)c1ccc2nc(NC(=O)c3ccc(S(=O)(=O)CC)cc3)sc2c1. The largest absolute Gasteiger partial charge is 0.462 e. The summed E-state index contributed by atoms with van der Waals surface area (Å²) in [5, 5.41) is 3.08. The van der Waals surface area contributed by atoms with Crippen LogP contribution in [-0.2, 0) is 14.6 Å². The Balaban J connectivity index is 1.78. The van der Waals surface area contributed by atoms with Crippen molar-refractivity contribution in [1.29, 1.82) is 0 Å². The highest BCUT2D eigenvalue weighted by atomic mass is 32.2. The van der Waals surface area contributed by atoms with E-state index in [4.69, 9.17) is 4.74 Å². The molecule has 0 saturated carbocycles. The maximum atomic E-state index is 12.4. The molecule has 7 nitrogen and oxygen atoms in total. The Morgan fingerprint density at radius 1 is 1.07 bits per heavy atom. The van der Waals surface area contributed by atoms with Crippen LogP contribution in [0.5, 0.6) is 0 Å². The van der Waals surface area contributed by atoms with Crippen molar-refractivity contribution in [1.82, 2.24) is 4.98 Å². The van der Waals surface area contributed by atoms with E-state index in [9.17, 15) is 18.0 Å². The molecule has 0 unspecified atom stereocenters. The lowest BCUT2D eigenvalue weighted by Crippen LogP contribution is -2.12. The summed E-state index contributed by atoms with van der Waals surface area (Å²) in [6, 6.07) is 10.7. The second-order valence-corrected chi connectivity index (χ2v) is 9.11. The van der Waals surface area contributed by atoms with Crippen molar-refractivity contribution in [3.8, 4) is 0 Å². The molecule has 0 fully saturated rings. The molecular formula is C19H18N2O5S2. The standard InChI is InChI=1S/C19H18N2O5S2/c1-3-26-18(23)13-7-10-15-16(11-13)27-19(20-15)21-17(22)12-5-8-14(9-6-12)28(24,25)4-2/h5-11H,3-4H2,1-2H3,(H,20,21,22). The number of nitrogens with zero attached hydrogens (tertiary/aromatic N) is 1. The van der Waals surface area contributed by atoms with Crippen LogP contribution in [0.15, 0.2) is 47.4 Å². The van der Waals surface area contributed by atoms with Gasteiger partial charge in [-0.25, -0.2) is 18.2 Å². The third-order valence-corrected chi connectivity index (χ3v) is 6.66. The number of anilines is 1. The molecule has 3 rings (SSSR count). The van der Waals surface area contributed by atoms with E-state index in [-0.39, 0.29) is 10.6 Å². The summed E-state index contributed by atoms with van der Waals surface area (Å²) in [5.41, 5.74) is 1.39. The smallest absolute Gasteiger partial charge is 0.338 e. The van der Waals surface area contributed by atoms with Crippen LogP contribution in [0.3, 0.4) is 0 Å². The summed E-state index contributed by atoms with van der Waals surface area (Å²) in [6.45, 7) is 3.59. The van der Waals surface area contributed by atoms with Gasteiger partial charge in [0.2, 0.25) is 0 Å². The van der Waals surface area contributed by atoms with E-state index in [1.165, 1.54) is 35.6 Å². The predicted molar refractivity (Wildman–Crippen MR) is 108 cm³/mol. The fourth-order valence-electron chi connectivity index (χ4n) is 2.47. The summed E-state index contributed by atoms with van der Waals surface area (Å²) in [6.07, 6.45) is 0. The van der Waals surface area contributed by atoms with Crippen LogP contribution < -0.4 is 5.32 Å². The summed E-state index contributed by atoms with van der Waals surface area (Å²) in [4.78, 5) is 28.8. The molecular weight excluding hydrogens is 400 g/mol. The first kappa shape index (κ1) is 20.0. The maximum Gasteiger partial charge on any atom is 0.338 e. The minimum atomic E-state index is -3.31. The molecule has 9 heteroatoms. The third kappa shape index (κ3) is 4.20. The van der Waals surface area contributed by atoms with E-state index in [0.29, 0.717) is 28.4 Å². The average Bonchev–Trinajstić information content (AvgIpc) is 3.09. The molecule has 2 aromatic carbocycles. The lowest BCUT2D eigenvalue weighted by Gasteiger charge is -2.04. The lowest BCUT2D eigenvalue weighted by molar-refractivity contribution is 0.0526. The Bertz CT molecular complexity index is 1130. The monoisotopic (exact) mass is 418 g/mol. The van der Waals surface area contributed by atoms with Gasteiger partial charge < -0.3 is 4.74 Å². The summed E-state index contributed by atoms with van der Waals surface area (Å²) < 4.78 is 29.4. The molecule has 146 valence electrons. The minimum Gasteiger partial charge on any atom is -0.462 e. The molecule has 0 bridgehead atoms. The number of hydrogen-bond acceptors (Lipinski definition) is 7. The van der Waals surface area contributed by atoms with Crippen LogP contribution in [0.2, 0.25) is 0 Å². The molecule has 0 saturated heterocycles. The van der Waals surface area contributed by atoms with Gasteiger partial charge in [0.1, 0.15) is 0 Å². The van der Waals surface area contributed by atoms with Crippen LogP contribution in [0.25, 0.3) is 10.2 Å². The van der Waals surface area contributed by atoms with Crippen molar-refractivity contribution >= 4 is 48.4 Å². The highest BCUT2D eigenvalue weighted by Crippen LogP contribution is 2.27. The van der Waals surface area contributed by atoms with Crippen molar-refractivity contribution < 1.29 is 22.7 Å². The molecule has 0 aliphatic rings. The fourth-order valence-corrected chi connectivity index (χ4v) is 4.25. The van der Waals surface area contributed by atoms with Gasteiger partial charge >= 0.3 is 5.97 Å². The van der Waals surface area contributed by atoms with Gasteiger partial charge in [0.05, 0.1) is 33.0 Å². The van der Waals surface area contributed by atoms with Gasteiger partial charge in [-0.3, -0.25) is 10.1 Å². The summed E-state index contributed by atoms with van der Waals surface area (Å²) >= 11 is 1.23. The molecule has 3 aromatic rings. The van der Waals surface area contributed by atoms with Gasteiger partial charge in [0, 0.05) is 5.56 Å². The number of benzene rings is 2. The Hall–Kier alpha value is -2.78. The third-order valence-electron chi connectivity index (χ3n) is 3.98. The Morgan fingerprint density at radius 2 is 1.75 bits per heavy atom. The van der Waals surface area contributed by atoms with Gasteiger partial charge in [-0.05, 0) is 49.4 Å². The molecule has 28 heavy (non-hydrogen) atoms. The Morgan fingerprint density at radius 3 is 2.39 bits per heavy atom. The zero-order chi connectivity index (χ0) is 20.3. The maximum absolute atomic E-state index is 12.4. The highest BCUT2D eigenvalue weighted by Gasteiger charge is 2.15. The number of sulfone groups is 1. The molecule has 1 N–H and O–H groups in total. The van der Waals surface area contributed by atoms with Gasteiger partial charge in [-0.15, -0.1) is 0 Å². The van der Waals surface area contributed by atoms with Crippen molar-refractivity contribution in [3.05, 3.63) is 53.6 Å². The first-order valence-electron chi connectivity index (χ1n) is 8.56. The number of esters is 1. The molecule has 1 heterocycles. The van der Waals surface area contributed by atoms with Gasteiger partial charge in [-0.1, -0.05) is 18.3 Å². The number of nitrogens with one attached hydrogen (secondary N) is 1.